The maximum atomic E-state index is 7.89. The van der Waals surface area contributed by atoms with Crippen molar-refractivity contribution in [3.8, 4) is 0 Å². The van der Waals surface area contributed by atoms with Crippen molar-refractivity contribution in [1.82, 2.24) is 0 Å². The number of rotatable bonds is 8. The van der Waals surface area contributed by atoms with Crippen molar-refractivity contribution in [2.45, 2.75) is 22.5 Å². The number of benzene rings is 6. The van der Waals surface area contributed by atoms with Crippen molar-refractivity contribution in [3.05, 3.63) is 182 Å². The van der Waals surface area contributed by atoms with E-state index in [0.717, 1.165) is 25.9 Å². The van der Waals surface area contributed by atoms with Crippen LogP contribution in [0.3, 0.4) is 0 Å². The van der Waals surface area contributed by atoms with E-state index in [1.165, 1.54) is 26.4 Å². The van der Waals surface area contributed by atoms with E-state index >= 15 is 0 Å². The standard InChI is InChI=1S/C41H38Ge2O/c1-7-21-35(22-8-1)42(36-23-9-2-10-24-36,37-25-11-3-12-26-37)41(33-19-20-34-44-41)43(38-27-13-4-14-28-38,39-29-15-5-16-30-39)40-31-17-6-18-32-40/h1-18,21-32H,19-20,33-34H2. The maximum absolute atomic E-state index is 7.89. The predicted molar refractivity (Wildman–Crippen MR) is 190 cm³/mol. The van der Waals surface area contributed by atoms with Gasteiger partial charge in [0.05, 0.1) is 0 Å². The Labute approximate surface area is 267 Å². The molecule has 7 rings (SSSR count). The van der Waals surface area contributed by atoms with Gasteiger partial charge < -0.3 is 0 Å². The minimum atomic E-state index is -3.84. The molecule has 0 bridgehead atoms. The second-order valence-electron chi connectivity index (χ2n) is 11.8. The van der Waals surface area contributed by atoms with E-state index in [1.807, 2.05) is 0 Å². The van der Waals surface area contributed by atoms with Crippen LogP contribution in [0.1, 0.15) is 19.3 Å². The molecule has 0 saturated carbocycles. The molecule has 0 amide bonds. The van der Waals surface area contributed by atoms with Crippen LogP contribution in [0.25, 0.3) is 0 Å². The van der Waals surface area contributed by atoms with E-state index in [4.69, 9.17) is 4.74 Å². The van der Waals surface area contributed by atoms with E-state index < -0.39 is 29.8 Å². The fourth-order valence-electron chi connectivity index (χ4n) is 8.20. The van der Waals surface area contributed by atoms with Crippen LogP contribution < -0.4 is 26.4 Å². The number of hydrogen-bond acceptors (Lipinski definition) is 1. The van der Waals surface area contributed by atoms with Gasteiger partial charge in [0.15, 0.2) is 0 Å². The van der Waals surface area contributed by atoms with Crippen LogP contribution in [0.4, 0.5) is 0 Å². The van der Waals surface area contributed by atoms with Crippen LogP contribution in [0.5, 0.6) is 0 Å². The third-order valence-corrected chi connectivity index (χ3v) is 39.7. The van der Waals surface area contributed by atoms with Gasteiger partial charge in [-0.3, -0.25) is 0 Å². The second-order valence-corrected chi connectivity index (χ2v) is 31.0. The Hall–Kier alpha value is -3.63. The van der Waals surface area contributed by atoms with E-state index in [-0.39, 0.29) is 0 Å². The van der Waals surface area contributed by atoms with Crippen LogP contribution >= 0.6 is 0 Å². The van der Waals surface area contributed by atoms with Gasteiger partial charge in [0.2, 0.25) is 0 Å². The third kappa shape index (κ3) is 4.56. The predicted octanol–water partition coefficient (Wildman–Crippen LogP) is 5.34. The molecule has 0 unspecified atom stereocenters. The molecule has 0 aromatic heterocycles. The first kappa shape index (κ1) is 29.1. The minimum absolute atomic E-state index is 0.396. The number of hydrogen-bond donors (Lipinski definition) is 0. The summed E-state index contributed by atoms with van der Waals surface area (Å²) in [5.74, 6) is 0. The summed E-state index contributed by atoms with van der Waals surface area (Å²) < 4.78 is 16.3. The quantitative estimate of drug-likeness (QED) is 0.196. The third-order valence-electron chi connectivity index (χ3n) is 9.72. The molecule has 1 heterocycles. The van der Waals surface area contributed by atoms with Gasteiger partial charge in [0, 0.05) is 0 Å². The zero-order valence-electron chi connectivity index (χ0n) is 25.1. The van der Waals surface area contributed by atoms with Gasteiger partial charge in [-0.1, -0.05) is 0 Å². The molecule has 44 heavy (non-hydrogen) atoms. The van der Waals surface area contributed by atoms with E-state index in [9.17, 15) is 0 Å². The summed E-state index contributed by atoms with van der Waals surface area (Å²) in [6.45, 7) is 0.777. The summed E-state index contributed by atoms with van der Waals surface area (Å²) in [6.07, 6.45) is 3.28. The van der Waals surface area contributed by atoms with Gasteiger partial charge in [-0.25, -0.2) is 0 Å². The molecule has 1 aliphatic heterocycles. The van der Waals surface area contributed by atoms with Gasteiger partial charge in [0.1, 0.15) is 0 Å². The summed E-state index contributed by atoms with van der Waals surface area (Å²) in [6, 6.07) is 69.1. The summed E-state index contributed by atoms with van der Waals surface area (Å²) >= 11 is -7.67. The van der Waals surface area contributed by atoms with Gasteiger partial charge >= 0.3 is 269 Å². The molecule has 0 aliphatic carbocycles. The molecule has 1 aliphatic rings. The first-order valence-corrected chi connectivity index (χ1v) is 24.2. The Morgan fingerprint density at radius 2 is 0.591 bits per heavy atom. The Morgan fingerprint density at radius 1 is 0.341 bits per heavy atom. The van der Waals surface area contributed by atoms with Crippen molar-refractivity contribution in [2.75, 3.05) is 6.61 Å². The van der Waals surface area contributed by atoms with Crippen LogP contribution in [0.15, 0.2) is 182 Å². The van der Waals surface area contributed by atoms with E-state index in [0.29, 0.717) is 0 Å². The summed E-state index contributed by atoms with van der Waals surface area (Å²) in [5, 5.41) is 0. The molecule has 0 atom stereocenters. The SMILES string of the molecule is c1cc[c]([Ge]([c]2ccccc2)([c]2ccccc2)[C]2([Ge]([c]3ccccc3)([c]3ccccc3)[c]3ccccc3)CCCCO2)cc1. The molecule has 1 fully saturated rings. The Bertz CT molecular complexity index is 1430. The first-order valence-electron chi connectivity index (χ1n) is 15.8. The Morgan fingerprint density at radius 3 is 0.795 bits per heavy atom. The monoisotopic (exact) mass is 694 g/mol. The molecular weight excluding hydrogens is 654 g/mol. The average Bonchev–Trinajstić information content (AvgIpc) is 3.12. The zero-order valence-corrected chi connectivity index (χ0v) is 29.3. The van der Waals surface area contributed by atoms with Gasteiger partial charge in [-0.05, 0) is 0 Å². The fraction of sp³-hybridized carbons (Fsp3) is 0.122. The summed E-state index contributed by atoms with van der Waals surface area (Å²) in [5.41, 5.74) is 0. The van der Waals surface area contributed by atoms with E-state index in [1.54, 1.807) is 0 Å². The second kappa shape index (κ2) is 12.8. The molecule has 6 aromatic rings. The van der Waals surface area contributed by atoms with Crippen LogP contribution in [-0.2, 0) is 4.74 Å². The molecule has 1 nitrogen and oxygen atoms in total. The Balaban J connectivity index is 1.76. The van der Waals surface area contributed by atoms with Gasteiger partial charge in [0.25, 0.3) is 0 Å². The van der Waals surface area contributed by atoms with Gasteiger partial charge in [-0.2, -0.15) is 0 Å². The Kier molecular flexibility index (Phi) is 8.44. The molecule has 0 spiro atoms. The fourth-order valence-corrected chi connectivity index (χ4v) is 47.4. The topological polar surface area (TPSA) is 9.23 Å². The molecule has 0 N–H and O–H groups in total. The van der Waals surface area contributed by atoms with Crippen molar-refractivity contribution in [2.24, 2.45) is 0 Å². The van der Waals surface area contributed by atoms with Gasteiger partial charge in [-0.15, -0.1) is 0 Å². The normalized spacial score (nSPS) is 15.0. The van der Waals surface area contributed by atoms with Crippen molar-refractivity contribution < 1.29 is 4.74 Å². The molecule has 216 valence electrons. The van der Waals surface area contributed by atoms with Crippen molar-refractivity contribution in [1.29, 1.82) is 0 Å². The van der Waals surface area contributed by atoms with Crippen LogP contribution in [-0.4, -0.2) is 36.4 Å². The summed E-state index contributed by atoms with van der Waals surface area (Å²) in [7, 11) is 0. The molecule has 1 saturated heterocycles. The molecular formula is C41H38Ge2O. The van der Waals surface area contributed by atoms with Crippen LogP contribution in [0, 0.1) is 0 Å². The average molecular weight is 692 g/mol. The molecule has 6 aromatic carbocycles. The number of ether oxygens (including phenoxy) is 1. The zero-order chi connectivity index (χ0) is 29.7. The van der Waals surface area contributed by atoms with E-state index in [2.05, 4.69) is 182 Å². The van der Waals surface area contributed by atoms with Crippen molar-refractivity contribution in [3.63, 3.8) is 0 Å². The summed E-state index contributed by atoms with van der Waals surface area (Å²) in [4.78, 5) is 0. The molecule has 0 radical (unpaired) electrons. The van der Waals surface area contributed by atoms with Crippen LogP contribution in [0.2, 0.25) is 0 Å². The first-order chi connectivity index (χ1) is 21.8. The van der Waals surface area contributed by atoms with Crippen molar-refractivity contribution >= 4 is 52.9 Å². The molecule has 3 heteroatoms.